The van der Waals surface area contributed by atoms with Gasteiger partial charge >= 0.3 is 0 Å². The van der Waals surface area contributed by atoms with Gasteiger partial charge in [-0.25, -0.2) is 0 Å². The number of likely N-dealkylation sites (N-methyl/N-ethyl adjacent to an activating group) is 1. The van der Waals surface area contributed by atoms with Gasteiger partial charge in [-0.15, -0.1) is 0 Å². The van der Waals surface area contributed by atoms with Crippen LogP contribution in [-0.2, 0) is 16.8 Å². The fourth-order valence-corrected chi connectivity index (χ4v) is 4.30. The van der Waals surface area contributed by atoms with Crippen LogP contribution in [0.4, 0.5) is 0 Å². The molecule has 3 atom stereocenters. The van der Waals surface area contributed by atoms with E-state index in [0.29, 0.717) is 12.6 Å². The van der Waals surface area contributed by atoms with Gasteiger partial charge in [0.25, 0.3) is 0 Å². The van der Waals surface area contributed by atoms with E-state index >= 15 is 0 Å². The molecule has 3 aliphatic rings. The highest BCUT2D eigenvalue weighted by molar-refractivity contribution is 5.53. The van der Waals surface area contributed by atoms with Gasteiger partial charge in [-0.2, -0.15) is 0 Å². The minimum atomic E-state index is -0.175. The Morgan fingerprint density at radius 3 is 2.95 bits per heavy atom. The molecule has 4 rings (SSSR count). The number of benzene rings is 1. The molecule has 0 amide bonds. The molecule has 1 aliphatic carbocycles. The van der Waals surface area contributed by atoms with Crippen molar-refractivity contribution in [1.82, 2.24) is 4.90 Å². The van der Waals surface area contributed by atoms with Gasteiger partial charge in [0, 0.05) is 12.6 Å². The van der Waals surface area contributed by atoms with Crippen molar-refractivity contribution >= 4 is 0 Å². The Bertz CT molecular complexity index is 598. The summed E-state index contributed by atoms with van der Waals surface area (Å²) in [5.41, 5.74) is 1.93. The molecular formula is C16H19NO3. The van der Waals surface area contributed by atoms with Crippen LogP contribution in [0.1, 0.15) is 24.0 Å². The molecule has 1 saturated heterocycles. The summed E-state index contributed by atoms with van der Waals surface area (Å²) in [4.78, 5) is 2.37. The Morgan fingerprint density at radius 2 is 2.10 bits per heavy atom. The predicted molar refractivity (Wildman–Crippen MR) is 74.8 cm³/mol. The third-order valence-electron chi connectivity index (χ3n) is 5.18. The van der Waals surface area contributed by atoms with E-state index in [0.717, 1.165) is 30.5 Å². The van der Waals surface area contributed by atoms with Crippen molar-refractivity contribution in [3.8, 4) is 11.5 Å². The Labute approximate surface area is 118 Å². The SMILES string of the molecule is CN1CC2OCc3cc(O)c(O)cc3C23C=CCCC13. The maximum atomic E-state index is 9.92. The van der Waals surface area contributed by atoms with Crippen LogP contribution in [0.25, 0.3) is 0 Å². The van der Waals surface area contributed by atoms with E-state index in [9.17, 15) is 10.2 Å². The van der Waals surface area contributed by atoms with E-state index < -0.39 is 0 Å². The summed E-state index contributed by atoms with van der Waals surface area (Å²) in [6.45, 7) is 1.42. The minimum absolute atomic E-state index is 0.0361. The summed E-state index contributed by atoms with van der Waals surface area (Å²) in [7, 11) is 2.15. The van der Waals surface area contributed by atoms with Crippen molar-refractivity contribution in [1.29, 1.82) is 0 Å². The van der Waals surface area contributed by atoms with Crippen LogP contribution in [0.3, 0.4) is 0 Å². The molecule has 2 aliphatic heterocycles. The summed E-state index contributed by atoms with van der Waals surface area (Å²) < 4.78 is 6.07. The number of nitrogens with zero attached hydrogens (tertiary/aromatic N) is 1. The normalized spacial score (nSPS) is 35.5. The van der Waals surface area contributed by atoms with Gasteiger partial charge in [0.2, 0.25) is 0 Å². The molecule has 106 valence electrons. The highest BCUT2D eigenvalue weighted by Crippen LogP contribution is 2.51. The lowest BCUT2D eigenvalue weighted by Crippen LogP contribution is -2.49. The number of allylic oxidation sites excluding steroid dienone is 1. The average Bonchev–Trinajstić information content (AvgIpc) is 2.74. The average molecular weight is 273 g/mol. The second kappa shape index (κ2) is 3.99. The van der Waals surface area contributed by atoms with E-state index in [1.165, 1.54) is 0 Å². The highest BCUT2D eigenvalue weighted by atomic mass is 16.5. The van der Waals surface area contributed by atoms with E-state index in [2.05, 4.69) is 24.1 Å². The largest absolute Gasteiger partial charge is 0.504 e. The molecule has 1 aromatic carbocycles. The Kier molecular flexibility index (Phi) is 2.44. The lowest BCUT2D eigenvalue weighted by Gasteiger charge is -2.44. The number of likely N-dealkylation sites (tertiary alicyclic amines) is 1. The molecule has 4 heteroatoms. The Morgan fingerprint density at radius 1 is 1.30 bits per heavy atom. The molecule has 3 unspecified atom stereocenters. The number of ether oxygens (including phenoxy) is 1. The molecule has 2 N–H and O–H groups in total. The highest BCUT2D eigenvalue weighted by Gasteiger charge is 2.56. The van der Waals surface area contributed by atoms with Crippen LogP contribution < -0.4 is 0 Å². The lowest BCUT2D eigenvalue weighted by atomic mass is 9.66. The van der Waals surface area contributed by atoms with E-state index in [1.54, 1.807) is 12.1 Å². The first-order valence-corrected chi connectivity index (χ1v) is 7.18. The number of aromatic hydroxyl groups is 2. The van der Waals surface area contributed by atoms with Gasteiger partial charge in [0.1, 0.15) is 0 Å². The van der Waals surface area contributed by atoms with Crippen molar-refractivity contribution in [3.63, 3.8) is 0 Å². The first-order chi connectivity index (χ1) is 9.63. The maximum absolute atomic E-state index is 9.92. The second-order valence-electron chi connectivity index (χ2n) is 6.17. The zero-order valence-electron chi connectivity index (χ0n) is 11.5. The van der Waals surface area contributed by atoms with Crippen molar-refractivity contribution in [3.05, 3.63) is 35.4 Å². The number of hydrogen-bond donors (Lipinski definition) is 2. The number of phenolic OH excluding ortho intramolecular Hbond substituents is 2. The van der Waals surface area contributed by atoms with Crippen molar-refractivity contribution < 1.29 is 14.9 Å². The van der Waals surface area contributed by atoms with Gasteiger partial charge in [0.15, 0.2) is 11.5 Å². The molecule has 2 heterocycles. The van der Waals surface area contributed by atoms with Gasteiger partial charge in [-0.3, -0.25) is 4.90 Å². The summed E-state index contributed by atoms with van der Waals surface area (Å²) in [6.07, 6.45) is 6.82. The molecule has 0 aromatic heterocycles. The van der Waals surface area contributed by atoms with Crippen LogP contribution in [0.15, 0.2) is 24.3 Å². The first kappa shape index (κ1) is 12.2. The lowest BCUT2D eigenvalue weighted by molar-refractivity contribution is 0.00189. The number of fused-ring (bicyclic) bond motifs is 1. The molecule has 20 heavy (non-hydrogen) atoms. The van der Waals surface area contributed by atoms with Crippen molar-refractivity contribution in [2.45, 2.75) is 37.0 Å². The van der Waals surface area contributed by atoms with Gasteiger partial charge < -0.3 is 14.9 Å². The molecule has 1 fully saturated rings. The zero-order chi connectivity index (χ0) is 13.9. The molecule has 4 nitrogen and oxygen atoms in total. The molecule has 1 spiro atoms. The summed E-state index contributed by atoms with van der Waals surface area (Å²) in [6, 6.07) is 3.79. The van der Waals surface area contributed by atoms with Crippen LogP contribution in [-0.4, -0.2) is 40.9 Å². The van der Waals surface area contributed by atoms with Crippen molar-refractivity contribution in [2.24, 2.45) is 0 Å². The molecule has 0 bridgehead atoms. The van der Waals surface area contributed by atoms with E-state index in [4.69, 9.17) is 4.74 Å². The topological polar surface area (TPSA) is 52.9 Å². The first-order valence-electron chi connectivity index (χ1n) is 7.18. The van der Waals surface area contributed by atoms with Crippen LogP contribution in [0.2, 0.25) is 0 Å². The molecule has 1 aromatic rings. The zero-order valence-corrected chi connectivity index (χ0v) is 11.5. The number of phenols is 2. The van der Waals surface area contributed by atoms with Gasteiger partial charge in [-0.1, -0.05) is 12.2 Å². The monoisotopic (exact) mass is 273 g/mol. The Balaban J connectivity index is 1.97. The summed E-state index contributed by atoms with van der Waals surface area (Å²) >= 11 is 0. The number of rotatable bonds is 0. The quantitative estimate of drug-likeness (QED) is 0.560. The minimum Gasteiger partial charge on any atom is -0.504 e. The van der Waals surface area contributed by atoms with E-state index in [-0.39, 0.29) is 23.0 Å². The standard InChI is InChI=1S/C16H19NO3/c1-17-8-15-16(5-3-2-4-14(16)17)11-7-13(19)12(18)6-10(11)9-20-15/h3,5-7,14-15,18-19H,2,4,8-9H2,1H3. The summed E-state index contributed by atoms with van der Waals surface area (Å²) in [5, 5.41) is 19.6. The van der Waals surface area contributed by atoms with Crippen LogP contribution in [0, 0.1) is 0 Å². The van der Waals surface area contributed by atoms with Crippen molar-refractivity contribution in [2.75, 3.05) is 13.6 Å². The van der Waals surface area contributed by atoms with Gasteiger partial charge in [0.05, 0.1) is 18.1 Å². The fourth-order valence-electron chi connectivity index (χ4n) is 4.30. The second-order valence-corrected chi connectivity index (χ2v) is 6.17. The third kappa shape index (κ3) is 1.38. The Hall–Kier alpha value is -1.52. The maximum Gasteiger partial charge on any atom is 0.157 e. The molecule has 0 radical (unpaired) electrons. The molecule has 0 saturated carbocycles. The predicted octanol–water partition coefficient (Wildman–Crippen LogP) is 1.90. The van der Waals surface area contributed by atoms with E-state index in [1.807, 2.05) is 0 Å². The summed E-state index contributed by atoms with van der Waals surface area (Å²) in [5.74, 6) is -0.101. The van der Waals surface area contributed by atoms with Crippen LogP contribution >= 0.6 is 0 Å². The fraction of sp³-hybridized carbons (Fsp3) is 0.500. The molecular weight excluding hydrogens is 254 g/mol. The third-order valence-corrected chi connectivity index (χ3v) is 5.18. The van der Waals surface area contributed by atoms with Crippen LogP contribution in [0.5, 0.6) is 11.5 Å². The smallest absolute Gasteiger partial charge is 0.157 e. The van der Waals surface area contributed by atoms with Gasteiger partial charge in [-0.05, 0) is 43.1 Å². The number of hydrogen-bond acceptors (Lipinski definition) is 4.